The highest BCUT2D eigenvalue weighted by Gasteiger charge is 2.39. The summed E-state index contributed by atoms with van der Waals surface area (Å²) >= 11 is 0. The number of primary amides is 1. The van der Waals surface area contributed by atoms with Gasteiger partial charge in [0.15, 0.2) is 0 Å². The normalized spacial score (nSPS) is 26.0. The lowest BCUT2D eigenvalue weighted by Gasteiger charge is -2.28. The first kappa shape index (κ1) is 18.3. The monoisotopic (exact) mass is 361 g/mol. The number of aliphatic hydroxyl groups excluding tert-OH is 1. The van der Waals surface area contributed by atoms with Crippen LogP contribution in [0.5, 0.6) is 0 Å². The molecule has 3 rings (SSSR count). The van der Waals surface area contributed by atoms with E-state index in [4.69, 9.17) is 10.5 Å². The number of aliphatic hydroxyl groups is 1. The van der Waals surface area contributed by atoms with Crippen LogP contribution in [-0.2, 0) is 19.1 Å². The number of ether oxygens (including phenoxy) is 1. The third-order valence-electron chi connectivity index (χ3n) is 5.01. The smallest absolute Gasteiger partial charge is 0.253 e. The van der Waals surface area contributed by atoms with Crippen LogP contribution in [0, 0.1) is 18.8 Å². The molecule has 1 saturated carbocycles. The number of nitrogens with zero attached hydrogens (tertiary/aromatic N) is 1. The predicted octanol–water partition coefficient (Wildman–Crippen LogP) is 0.169. The lowest BCUT2D eigenvalue weighted by molar-refractivity contribution is -0.126. The minimum atomic E-state index is -0.875. The van der Waals surface area contributed by atoms with Crippen LogP contribution in [0.3, 0.4) is 0 Å². The average Bonchev–Trinajstić information content (AvgIpc) is 2.98. The van der Waals surface area contributed by atoms with Crippen molar-refractivity contribution in [2.45, 2.75) is 25.9 Å². The molecule has 0 spiro atoms. The van der Waals surface area contributed by atoms with Crippen molar-refractivity contribution >= 4 is 29.1 Å². The summed E-state index contributed by atoms with van der Waals surface area (Å²) in [5.41, 5.74) is 7.51. The summed E-state index contributed by atoms with van der Waals surface area (Å²) in [4.78, 5) is 37.4. The largest absolute Gasteiger partial charge is 0.392 e. The topological polar surface area (TPSA) is 122 Å². The SMILES string of the molecule is Cc1cc(NC(=O)[C@@H]2C[C@H](C(N)=O)[C@@H](O)C2)ccc1N1CCOCC1=O. The van der Waals surface area contributed by atoms with Crippen molar-refractivity contribution in [2.24, 2.45) is 17.6 Å². The standard InChI is InChI=1S/C18H23N3O5/c1-10-6-12(2-3-14(10)21-4-5-26-9-16(21)23)20-18(25)11-7-13(17(19)24)15(22)8-11/h2-3,6,11,13,15,22H,4-5,7-9H2,1H3,(H2,19,24)(H,20,25)/t11-,13+,15+/m1/s1. The third-order valence-corrected chi connectivity index (χ3v) is 5.01. The van der Waals surface area contributed by atoms with E-state index in [-0.39, 0.29) is 31.3 Å². The highest BCUT2D eigenvalue weighted by atomic mass is 16.5. The van der Waals surface area contributed by atoms with Crippen LogP contribution in [0.25, 0.3) is 0 Å². The van der Waals surface area contributed by atoms with Crippen LogP contribution in [0.15, 0.2) is 18.2 Å². The van der Waals surface area contributed by atoms with Gasteiger partial charge in [0.25, 0.3) is 5.91 Å². The molecule has 1 aliphatic heterocycles. The fraction of sp³-hybridized carbons (Fsp3) is 0.500. The number of aryl methyl sites for hydroxylation is 1. The molecule has 0 bridgehead atoms. The van der Waals surface area contributed by atoms with E-state index in [9.17, 15) is 19.5 Å². The van der Waals surface area contributed by atoms with Gasteiger partial charge >= 0.3 is 0 Å². The van der Waals surface area contributed by atoms with Crippen LogP contribution >= 0.6 is 0 Å². The second kappa shape index (κ2) is 7.43. The van der Waals surface area contributed by atoms with E-state index in [0.29, 0.717) is 18.8 Å². The second-order valence-electron chi connectivity index (χ2n) is 6.83. The molecule has 3 atom stereocenters. The Hall–Kier alpha value is -2.45. The fourth-order valence-electron chi connectivity index (χ4n) is 3.59. The molecule has 140 valence electrons. The minimum Gasteiger partial charge on any atom is -0.392 e. The maximum absolute atomic E-state index is 12.4. The average molecular weight is 361 g/mol. The van der Waals surface area contributed by atoms with Crippen LogP contribution in [-0.4, -0.2) is 48.7 Å². The van der Waals surface area contributed by atoms with Gasteiger partial charge in [0.1, 0.15) is 6.61 Å². The van der Waals surface area contributed by atoms with Crippen molar-refractivity contribution in [3.8, 4) is 0 Å². The number of hydrogen-bond donors (Lipinski definition) is 3. The van der Waals surface area contributed by atoms with Crippen molar-refractivity contribution in [1.29, 1.82) is 0 Å². The first-order chi connectivity index (χ1) is 12.4. The number of benzene rings is 1. The fourth-order valence-corrected chi connectivity index (χ4v) is 3.59. The maximum Gasteiger partial charge on any atom is 0.253 e. The molecule has 3 amide bonds. The van der Waals surface area contributed by atoms with Gasteiger partial charge in [-0.3, -0.25) is 14.4 Å². The first-order valence-corrected chi connectivity index (χ1v) is 8.64. The predicted molar refractivity (Wildman–Crippen MR) is 94.4 cm³/mol. The Kier molecular flexibility index (Phi) is 5.24. The number of nitrogens with one attached hydrogen (secondary N) is 1. The van der Waals surface area contributed by atoms with E-state index < -0.39 is 23.8 Å². The van der Waals surface area contributed by atoms with E-state index in [1.165, 1.54) is 0 Å². The number of morpholine rings is 1. The molecule has 26 heavy (non-hydrogen) atoms. The summed E-state index contributed by atoms with van der Waals surface area (Å²) in [6.07, 6.45) is -0.403. The summed E-state index contributed by atoms with van der Waals surface area (Å²) < 4.78 is 5.14. The van der Waals surface area contributed by atoms with Gasteiger partial charge in [0.05, 0.1) is 18.6 Å². The molecular formula is C18H23N3O5. The van der Waals surface area contributed by atoms with E-state index in [0.717, 1.165) is 11.3 Å². The second-order valence-corrected chi connectivity index (χ2v) is 6.83. The van der Waals surface area contributed by atoms with Crippen LogP contribution < -0.4 is 16.0 Å². The summed E-state index contributed by atoms with van der Waals surface area (Å²) in [5, 5.41) is 12.7. The first-order valence-electron chi connectivity index (χ1n) is 8.64. The quantitative estimate of drug-likeness (QED) is 0.706. The molecule has 1 aliphatic carbocycles. The Morgan fingerprint density at radius 3 is 2.73 bits per heavy atom. The molecule has 8 heteroatoms. The Bertz CT molecular complexity index is 736. The molecule has 0 unspecified atom stereocenters. The van der Waals surface area contributed by atoms with E-state index in [1.807, 2.05) is 6.92 Å². The van der Waals surface area contributed by atoms with Gasteiger partial charge in [-0.1, -0.05) is 0 Å². The van der Waals surface area contributed by atoms with Crippen molar-refractivity contribution in [1.82, 2.24) is 0 Å². The molecule has 0 aromatic heterocycles. The van der Waals surface area contributed by atoms with Crippen molar-refractivity contribution in [3.05, 3.63) is 23.8 Å². The minimum absolute atomic E-state index is 0.0724. The molecule has 0 radical (unpaired) electrons. The number of carbonyl (C=O) groups is 3. The Labute approximate surface area is 151 Å². The maximum atomic E-state index is 12.4. The van der Waals surface area contributed by atoms with Gasteiger partial charge in [-0.15, -0.1) is 0 Å². The van der Waals surface area contributed by atoms with Gasteiger partial charge < -0.3 is 25.8 Å². The van der Waals surface area contributed by atoms with Gasteiger partial charge in [-0.05, 0) is 43.5 Å². The van der Waals surface area contributed by atoms with Gasteiger partial charge in [0, 0.05) is 23.8 Å². The van der Waals surface area contributed by atoms with Crippen molar-refractivity contribution < 1.29 is 24.2 Å². The number of rotatable bonds is 4. The van der Waals surface area contributed by atoms with Crippen molar-refractivity contribution in [2.75, 3.05) is 30.0 Å². The van der Waals surface area contributed by atoms with Crippen LogP contribution in [0.2, 0.25) is 0 Å². The Balaban J connectivity index is 1.67. The number of carbonyl (C=O) groups excluding carboxylic acids is 3. The molecule has 2 aliphatic rings. The zero-order valence-corrected chi connectivity index (χ0v) is 14.6. The molecule has 4 N–H and O–H groups in total. The zero-order chi connectivity index (χ0) is 18.8. The number of anilines is 2. The highest BCUT2D eigenvalue weighted by Crippen LogP contribution is 2.32. The summed E-state index contributed by atoms with van der Waals surface area (Å²) in [5.74, 6) is -2.05. The molecule has 8 nitrogen and oxygen atoms in total. The highest BCUT2D eigenvalue weighted by molar-refractivity contribution is 5.97. The van der Waals surface area contributed by atoms with E-state index in [2.05, 4.69) is 5.32 Å². The Morgan fingerprint density at radius 1 is 1.35 bits per heavy atom. The summed E-state index contributed by atoms with van der Waals surface area (Å²) in [7, 11) is 0. The molecule has 1 aromatic carbocycles. The third kappa shape index (κ3) is 3.71. The number of nitrogens with two attached hydrogens (primary N) is 1. The van der Waals surface area contributed by atoms with E-state index >= 15 is 0 Å². The van der Waals surface area contributed by atoms with Crippen molar-refractivity contribution in [3.63, 3.8) is 0 Å². The molecule has 1 saturated heterocycles. The molecule has 2 fully saturated rings. The van der Waals surface area contributed by atoms with E-state index in [1.54, 1.807) is 23.1 Å². The van der Waals surface area contributed by atoms with Crippen LogP contribution in [0.1, 0.15) is 18.4 Å². The summed E-state index contributed by atoms with van der Waals surface area (Å²) in [6.45, 7) is 2.94. The van der Waals surface area contributed by atoms with Gasteiger partial charge in [-0.25, -0.2) is 0 Å². The van der Waals surface area contributed by atoms with Crippen LogP contribution in [0.4, 0.5) is 11.4 Å². The van der Waals surface area contributed by atoms with Gasteiger partial charge in [0.2, 0.25) is 11.8 Å². The summed E-state index contributed by atoms with van der Waals surface area (Å²) in [6, 6.07) is 5.33. The van der Waals surface area contributed by atoms with Gasteiger partial charge in [-0.2, -0.15) is 0 Å². The number of hydrogen-bond acceptors (Lipinski definition) is 5. The number of amides is 3. The molecule has 1 aromatic rings. The molecular weight excluding hydrogens is 338 g/mol. The zero-order valence-electron chi connectivity index (χ0n) is 14.6. The molecule has 1 heterocycles. The lowest BCUT2D eigenvalue weighted by atomic mass is 10.0. The Morgan fingerprint density at radius 2 is 2.12 bits per heavy atom. The lowest BCUT2D eigenvalue weighted by Crippen LogP contribution is -2.42.